The van der Waals surface area contributed by atoms with Crippen LogP contribution in [0.4, 0.5) is 15.9 Å². The molecule has 0 fully saturated rings. The SMILES string of the molecule is O=S(=O)(CCO)c1ccc2nccc(Nc3n[nH]c4ccc(F)cc34)c2c1. The maximum absolute atomic E-state index is 13.6. The van der Waals surface area contributed by atoms with Gasteiger partial charge in [-0.05, 0) is 42.5 Å². The lowest BCUT2D eigenvalue weighted by atomic mass is 10.2. The van der Waals surface area contributed by atoms with Gasteiger partial charge in [-0.1, -0.05) is 0 Å². The van der Waals surface area contributed by atoms with E-state index in [1.807, 2.05) is 0 Å². The van der Waals surface area contributed by atoms with Crippen LogP contribution in [0.1, 0.15) is 0 Å². The van der Waals surface area contributed by atoms with Crippen LogP contribution >= 0.6 is 0 Å². The smallest absolute Gasteiger partial charge is 0.180 e. The molecule has 2 aromatic heterocycles. The minimum Gasteiger partial charge on any atom is -0.395 e. The predicted octanol–water partition coefficient (Wildman–Crippen LogP) is 2.76. The second kappa shape index (κ2) is 6.60. The highest BCUT2D eigenvalue weighted by molar-refractivity contribution is 7.91. The minimum atomic E-state index is -3.60. The number of pyridine rings is 1. The maximum atomic E-state index is 13.6. The Morgan fingerprint density at radius 3 is 2.78 bits per heavy atom. The molecule has 0 amide bonds. The predicted molar refractivity (Wildman–Crippen MR) is 100 cm³/mol. The van der Waals surface area contributed by atoms with Crippen molar-refractivity contribution in [1.29, 1.82) is 0 Å². The van der Waals surface area contributed by atoms with Crippen molar-refractivity contribution in [2.24, 2.45) is 0 Å². The van der Waals surface area contributed by atoms with Crippen molar-refractivity contribution < 1.29 is 17.9 Å². The number of nitrogens with zero attached hydrogens (tertiary/aromatic N) is 2. The van der Waals surface area contributed by atoms with Gasteiger partial charge in [0.1, 0.15) is 5.82 Å². The number of H-pyrrole nitrogens is 1. The molecule has 138 valence electrons. The monoisotopic (exact) mass is 386 g/mol. The standard InChI is InChI=1S/C18H15FN4O3S/c19-11-1-3-17-14(9-11)18(23-22-17)21-16-5-6-20-15-4-2-12(10-13(15)16)27(25,26)8-7-24/h1-6,9-10,24H,7-8H2,(H2,20,21,22,23). The highest BCUT2D eigenvalue weighted by atomic mass is 32.2. The third kappa shape index (κ3) is 3.22. The molecule has 0 radical (unpaired) electrons. The number of fused-ring (bicyclic) bond motifs is 2. The Labute approximate surface area is 153 Å². The number of aliphatic hydroxyl groups is 1. The molecule has 0 spiro atoms. The lowest BCUT2D eigenvalue weighted by molar-refractivity contribution is 0.319. The highest BCUT2D eigenvalue weighted by Crippen LogP contribution is 2.30. The normalized spacial score (nSPS) is 11.9. The molecule has 3 N–H and O–H groups in total. The Morgan fingerprint density at radius 1 is 1.11 bits per heavy atom. The van der Waals surface area contributed by atoms with Gasteiger partial charge in [0.15, 0.2) is 15.7 Å². The number of hydrogen-bond acceptors (Lipinski definition) is 6. The van der Waals surface area contributed by atoms with Gasteiger partial charge in [-0.15, -0.1) is 0 Å². The fourth-order valence-corrected chi connectivity index (χ4v) is 3.92. The van der Waals surface area contributed by atoms with E-state index >= 15 is 0 Å². The number of anilines is 2. The van der Waals surface area contributed by atoms with Crippen LogP contribution in [-0.4, -0.2) is 41.1 Å². The summed E-state index contributed by atoms with van der Waals surface area (Å²) in [5.41, 5.74) is 1.84. The average Bonchev–Trinajstić information content (AvgIpc) is 3.03. The first-order valence-electron chi connectivity index (χ1n) is 8.11. The molecule has 0 aliphatic heterocycles. The van der Waals surface area contributed by atoms with Crippen molar-refractivity contribution in [3.8, 4) is 0 Å². The zero-order valence-corrected chi connectivity index (χ0v) is 14.8. The van der Waals surface area contributed by atoms with E-state index in [4.69, 9.17) is 5.11 Å². The Morgan fingerprint density at radius 2 is 1.96 bits per heavy atom. The molecule has 0 atom stereocenters. The zero-order valence-electron chi connectivity index (χ0n) is 14.0. The number of sulfone groups is 1. The fourth-order valence-electron chi connectivity index (χ4n) is 2.87. The van der Waals surface area contributed by atoms with Crippen LogP contribution in [-0.2, 0) is 9.84 Å². The van der Waals surface area contributed by atoms with Crippen LogP contribution in [0.3, 0.4) is 0 Å². The summed E-state index contributed by atoms with van der Waals surface area (Å²) in [5, 5.41) is 20.2. The van der Waals surface area contributed by atoms with Crippen molar-refractivity contribution in [2.75, 3.05) is 17.7 Å². The van der Waals surface area contributed by atoms with E-state index < -0.39 is 16.4 Å². The van der Waals surface area contributed by atoms with E-state index in [0.717, 1.165) is 0 Å². The molecular weight excluding hydrogens is 371 g/mol. The summed E-state index contributed by atoms with van der Waals surface area (Å²) in [6.07, 6.45) is 1.59. The van der Waals surface area contributed by atoms with Gasteiger partial charge < -0.3 is 10.4 Å². The van der Waals surface area contributed by atoms with Gasteiger partial charge in [0.2, 0.25) is 0 Å². The molecule has 2 heterocycles. The molecule has 0 aliphatic rings. The van der Waals surface area contributed by atoms with Crippen molar-refractivity contribution >= 4 is 43.1 Å². The molecule has 4 aromatic rings. The molecule has 0 saturated carbocycles. The zero-order chi connectivity index (χ0) is 19.0. The summed E-state index contributed by atoms with van der Waals surface area (Å²) < 4.78 is 38.1. The van der Waals surface area contributed by atoms with E-state index in [-0.39, 0.29) is 16.5 Å². The third-order valence-corrected chi connectivity index (χ3v) is 5.90. The number of nitrogens with one attached hydrogen (secondary N) is 2. The lowest BCUT2D eigenvalue weighted by Crippen LogP contribution is -2.10. The molecule has 9 heteroatoms. The second-order valence-corrected chi connectivity index (χ2v) is 8.08. The fraction of sp³-hybridized carbons (Fsp3) is 0.111. The first-order chi connectivity index (χ1) is 13.0. The van der Waals surface area contributed by atoms with Gasteiger partial charge in [0, 0.05) is 17.0 Å². The highest BCUT2D eigenvalue weighted by Gasteiger charge is 2.16. The van der Waals surface area contributed by atoms with Crippen LogP contribution in [0.5, 0.6) is 0 Å². The Kier molecular flexibility index (Phi) is 4.25. The molecule has 27 heavy (non-hydrogen) atoms. The molecule has 0 saturated heterocycles. The number of aromatic amines is 1. The summed E-state index contributed by atoms with van der Waals surface area (Å²) in [4.78, 5) is 4.34. The minimum absolute atomic E-state index is 0.0954. The van der Waals surface area contributed by atoms with E-state index in [2.05, 4.69) is 20.5 Å². The van der Waals surface area contributed by atoms with Crippen molar-refractivity contribution in [2.45, 2.75) is 4.90 Å². The molecule has 0 bridgehead atoms. The van der Waals surface area contributed by atoms with Gasteiger partial charge in [0.25, 0.3) is 0 Å². The van der Waals surface area contributed by atoms with Crippen molar-refractivity contribution in [1.82, 2.24) is 15.2 Å². The van der Waals surface area contributed by atoms with Gasteiger partial charge >= 0.3 is 0 Å². The molecule has 0 unspecified atom stereocenters. The Balaban J connectivity index is 1.82. The maximum Gasteiger partial charge on any atom is 0.180 e. The van der Waals surface area contributed by atoms with Crippen molar-refractivity contribution in [3.63, 3.8) is 0 Å². The second-order valence-electron chi connectivity index (χ2n) is 5.97. The Hall–Kier alpha value is -3.04. The van der Waals surface area contributed by atoms with E-state index in [1.165, 1.54) is 24.3 Å². The van der Waals surface area contributed by atoms with Gasteiger partial charge in [0.05, 0.1) is 34.0 Å². The Bertz CT molecular complexity index is 1250. The number of hydrogen-bond donors (Lipinski definition) is 3. The van der Waals surface area contributed by atoms with Crippen LogP contribution < -0.4 is 5.32 Å². The van der Waals surface area contributed by atoms with Crippen LogP contribution in [0.2, 0.25) is 0 Å². The average molecular weight is 386 g/mol. The van der Waals surface area contributed by atoms with E-state index in [9.17, 15) is 12.8 Å². The van der Waals surface area contributed by atoms with Crippen LogP contribution in [0, 0.1) is 5.82 Å². The molecular formula is C18H15FN4O3S. The topological polar surface area (TPSA) is 108 Å². The summed E-state index contributed by atoms with van der Waals surface area (Å²) in [7, 11) is -3.60. The quantitative estimate of drug-likeness (QED) is 0.487. The summed E-state index contributed by atoms with van der Waals surface area (Å²) in [6, 6.07) is 10.5. The number of rotatable bonds is 5. The lowest BCUT2D eigenvalue weighted by Gasteiger charge is -2.10. The first kappa shape index (κ1) is 17.4. The van der Waals surface area contributed by atoms with E-state index in [1.54, 1.807) is 24.4 Å². The molecule has 2 aromatic carbocycles. The van der Waals surface area contributed by atoms with Crippen LogP contribution in [0.25, 0.3) is 21.8 Å². The summed E-state index contributed by atoms with van der Waals surface area (Å²) in [5.74, 6) is -0.324. The summed E-state index contributed by atoms with van der Waals surface area (Å²) in [6.45, 7) is -0.455. The summed E-state index contributed by atoms with van der Waals surface area (Å²) >= 11 is 0. The largest absolute Gasteiger partial charge is 0.395 e. The van der Waals surface area contributed by atoms with Gasteiger partial charge in [-0.2, -0.15) is 5.10 Å². The molecule has 4 rings (SSSR count). The van der Waals surface area contributed by atoms with Crippen molar-refractivity contribution in [3.05, 3.63) is 54.5 Å². The first-order valence-corrected chi connectivity index (χ1v) is 9.76. The van der Waals surface area contributed by atoms with E-state index in [0.29, 0.717) is 33.3 Å². The van der Waals surface area contributed by atoms with Crippen LogP contribution in [0.15, 0.2) is 53.6 Å². The number of halogens is 1. The number of aliphatic hydroxyl groups excluding tert-OH is 1. The molecule has 7 nitrogen and oxygen atoms in total. The number of benzene rings is 2. The number of aromatic nitrogens is 3. The molecule has 0 aliphatic carbocycles. The third-order valence-electron chi connectivity index (χ3n) is 4.21. The van der Waals surface area contributed by atoms with Gasteiger partial charge in [-0.3, -0.25) is 10.1 Å². The van der Waals surface area contributed by atoms with Gasteiger partial charge in [-0.25, -0.2) is 12.8 Å².